The maximum Gasteiger partial charge on any atom is 0.206 e. The van der Waals surface area contributed by atoms with E-state index in [1.165, 1.54) is 0 Å². The smallest absolute Gasteiger partial charge is 0.206 e. The van der Waals surface area contributed by atoms with E-state index in [-0.39, 0.29) is 0 Å². The minimum absolute atomic E-state index is 0.670. The van der Waals surface area contributed by atoms with Crippen molar-refractivity contribution in [2.75, 3.05) is 11.9 Å². The lowest BCUT2D eigenvalue weighted by Gasteiger charge is -1.95. The molecule has 0 amide bonds. The Kier molecular flexibility index (Phi) is 5.53. The second-order valence-electron chi connectivity index (χ2n) is 4.77. The number of halogens is 1. The van der Waals surface area contributed by atoms with Crippen molar-refractivity contribution in [1.29, 1.82) is 0 Å². The van der Waals surface area contributed by atoms with Gasteiger partial charge in [-0.25, -0.2) is 0 Å². The number of rotatable bonds is 7. The van der Waals surface area contributed by atoms with Gasteiger partial charge in [-0.3, -0.25) is 0 Å². The molecule has 1 N–H and O–H groups in total. The molecule has 0 atom stereocenters. The molecule has 0 spiro atoms. The first kappa shape index (κ1) is 16.3. The summed E-state index contributed by atoms with van der Waals surface area (Å²) in [6.45, 7) is 3.03. The van der Waals surface area contributed by atoms with E-state index in [1.54, 1.807) is 23.1 Å². The summed E-state index contributed by atoms with van der Waals surface area (Å²) in [5.74, 6) is 1.47. The Hall–Kier alpha value is -1.57. The SMILES string of the molecule is CCCNc1nnc(SCc2cc(-c3ccc(Cl)cc3)no2)s1. The minimum atomic E-state index is 0.670. The molecule has 3 rings (SSSR count). The van der Waals surface area contributed by atoms with Gasteiger partial charge in [-0.15, -0.1) is 10.2 Å². The van der Waals surface area contributed by atoms with E-state index in [0.29, 0.717) is 10.8 Å². The maximum atomic E-state index is 5.89. The summed E-state index contributed by atoms with van der Waals surface area (Å²) in [4.78, 5) is 0. The Balaban J connectivity index is 1.58. The average molecular weight is 367 g/mol. The van der Waals surface area contributed by atoms with Crippen LogP contribution in [0.4, 0.5) is 5.13 Å². The third-order valence-electron chi connectivity index (χ3n) is 2.97. The maximum absolute atomic E-state index is 5.89. The molecule has 0 fully saturated rings. The van der Waals surface area contributed by atoms with E-state index in [4.69, 9.17) is 16.1 Å². The normalized spacial score (nSPS) is 10.9. The lowest BCUT2D eigenvalue weighted by atomic mass is 10.1. The van der Waals surface area contributed by atoms with E-state index < -0.39 is 0 Å². The number of hydrogen-bond donors (Lipinski definition) is 1. The fraction of sp³-hybridized carbons (Fsp3) is 0.267. The highest BCUT2D eigenvalue weighted by molar-refractivity contribution is 8.00. The lowest BCUT2D eigenvalue weighted by molar-refractivity contribution is 0.397. The highest BCUT2D eigenvalue weighted by Crippen LogP contribution is 2.29. The van der Waals surface area contributed by atoms with Crippen molar-refractivity contribution in [2.45, 2.75) is 23.4 Å². The second-order valence-corrected chi connectivity index (χ2v) is 7.41. The van der Waals surface area contributed by atoms with Crippen LogP contribution in [0.25, 0.3) is 11.3 Å². The molecule has 0 aliphatic heterocycles. The molecule has 1 aromatic carbocycles. The van der Waals surface area contributed by atoms with Crippen LogP contribution in [0.5, 0.6) is 0 Å². The fourth-order valence-corrected chi connectivity index (χ4v) is 3.62. The van der Waals surface area contributed by atoms with Crippen molar-refractivity contribution in [2.24, 2.45) is 0 Å². The van der Waals surface area contributed by atoms with Gasteiger partial charge in [0.1, 0.15) is 11.5 Å². The van der Waals surface area contributed by atoms with Crippen molar-refractivity contribution in [1.82, 2.24) is 15.4 Å². The van der Waals surface area contributed by atoms with Gasteiger partial charge in [0.25, 0.3) is 0 Å². The topological polar surface area (TPSA) is 63.8 Å². The van der Waals surface area contributed by atoms with Gasteiger partial charge in [0.15, 0.2) is 4.34 Å². The highest BCUT2D eigenvalue weighted by Gasteiger charge is 2.09. The van der Waals surface area contributed by atoms with Crippen LogP contribution < -0.4 is 5.32 Å². The number of aromatic nitrogens is 3. The van der Waals surface area contributed by atoms with Crippen LogP contribution in [-0.4, -0.2) is 21.9 Å². The summed E-state index contributed by atoms with van der Waals surface area (Å²) in [5.41, 5.74) is 1.79. The van der Waals surface area contributed by atoms with Crippen molar-refractivity contribution >= 4 is 39.8 Å². The Morgan fingerprint density at radius 1 is 1.26 bits per heavy atom. The second kappa shape index (κ2) is 7.81. The Labute approximate surface area is 147 Å². The zero-order valence-electron chi connectivity index (χ0n) is 12.5. The minimum Gasteiger partial charge on any atom is -0.360 e. The van der Waals surface area contributed by atoms with Crippen LogP contribution in [0.2, 0.25) is 5.02 Å². The van der Waals surface area contributed by atoms with Crippen molar-refractivity contribution < 1.29 is 4.52 Å². The van der Waals surface area contributed by atoms with Gasteiger partial charge in [0.05, 0.1) is 5.75 Å². The molecule has 0 aliphatic rings. The molecular weight excluding hydrogens is 352 g/mol. The lowest BCUT2D eigenvalue weighted by Crippen LogP contribution is -1.98. The van der Waals surface area contributed by atoms with Gasteiger partial charge in [-0.05, 0) is 18.6 Å². The summed E-state index contributed by atoms with van der Waals surface area (Å²) in [6.07, 6.45) is 1.06. The fourth-order valence-electron chi connectivity index (χ4n) is 1.84. The predicted octanol–water partition coefficient (Wildman–Crippen LogP) is 4.96. The summed E-state index contributed by atoms with van der Waals surface area (Å²) < 4.78 is 6.29. The quantitative estimate of drug-likeness (QED) is 0.596. The zero-order chi connectivity index (χ0) is 16.1. The Morgan fingerprint density at radius 2 is 2.09 bits per heavy atom. The first-order valence-corrected chi connectivity index (χ1v) is 9.34. The molecule has 5 nitrogen and oxygen atoms in total. The van der Waals surface area contributed by atoms with Crippen LogP contribution in [0.15, 0.2) is 39.2 Å². The molecule has 2 heterocycles. The molecule has 0 aliphatic carbocycles. The third kappa shape index (κ3) is 4.46. The van der Waals surface area contributed by atoms with Crippen LogP contribution in [0, 0.1) is 0 Å². The van der Waals surface area contributed by atoms with Gasteiger partial charge >= 0.3 is 0 Å². The van der Waals surface area contributed by atoms with E-state index in [9.17, 15) is 0 Å². The number of anilines is 1. The zero-order valence-corrected chi connectivity index (χ0v) is 14.8. The van der Waals surface area contributed by atoms with E-state index in [2.05, 4.69) is 27.6 Å². The van der Waals surface area contributed by atoms with Crippen LogP contribution >= 0.6 is 34.7 Å². The Morgan fingerprint density at radius 3 is 2.87 bits per heavy atom. The number of nitrogens with zero attached hydrogens (tertiary/aromatic N) is 3. The van der Waals surface area contributed by atoms with Crippen LogP contribution in [0.1, 0.15) is 19.1 Å². The van der Waals surface area contributed by atoms with E-state index in [0.717, 1.165) is 39.5 Å². The van der Waals surface area contributed by atoms with Gasteiger partial charge in [0.2, 0.25) is 5.13 Å². The first-order chi connectivity index (χ1) is 11.2. The summed E-state index contributed by atoms with van der Waals surface area (Å²) >= 11 is 9.03. The number of benzene rings is 1. The largest absolute Gasteiger partial charge is 0.360 e. The molecule has 0 radical (unpaired) electrons. The van der Waals surface area contributed by atoms with Gasteiger partial charge in [-0.1, -0.05) is 58.9 Å². The average Bonchev–Trinajstić information content (AvgIpc) is 3.21. The molecule has 23 heavy (non-hydrogen) atoms. The highest BCUT2D eigenvalue weighted by atomic mass is 35.5. The summed E-state index contributed by atoms with van der Waals surface area (Å²) in [7, 11) is 0. The van der Waals surface area contributed by atoms with Gasteiger partial charge in [-0.2, -0.15) is 0 Å². The number of nitrogens with one attached hydrogen (secondary N) is 1. The summed E-state index contributed by atoms with van der Waals surface area (Å²) in [5, 5.41) is 17.1. The standard InChI is InChI=1S/C15H15ClN4OS2/c1-2-7-17-14-18-19-15(23-14)22-9-12-8-13(20-21-12)10-3-5-11(16)6-4-10/h3-6,8H,2,7,9H2,1H3,(H,17,18). The Bertz CT molecular complexity index is 757. The van der Waals surface area contributed by atoms with Crippen molar-refractivity contribution in [3.05, 3.63) is 41.1 Å². The number of thioether (sulfide) groups is 1. The van der Waals surface area contributed by atoms with E-state index in [1.807, 2.05) is 30.3 Å². The van der Waals surface area contributed by atoms with Crippen molar-refractivity contribution in [3.63, 3.8) is 0 Å². The van der Waals surface area contributed by atoms with Gasteiger partial charge in [0, 0.05) is 23.2 Å². The molecule has 0 bridgehead atoms. The predicted molar refractivity (Wildman–Crippen MR) is 95.2 cm³/mol. The van der Waals surface area contributed by atoms with Crippen LogP contribution in [0.3, 0.4) is 0 Å². The monoisotopic (exact) mass is 366 g/mol. The molecule has 0 saturated carbocycles. The molecule has 3 aromatic rings. The molecule has 120 valence electrons. The third-order valence-corrected chi connectivity index (χ3v) is 5.26. The van der Waals surface area contributed by atoms with Gasteiger partial charge < -0.3 is 9.84 Å². The summed E-state index contributed by atoms with van der Waals surface area (Å²) in [6, 6.07) is 9.46. The van der Waals surface area contributed by atoms with Crippen LogP contribution in [-0.2, 0) is 5.75 Å². The molecule has 0 saturated heterocycles. The first-order valence-electron chi connectivity index (χ1n) is 7.16. The molecular formula is C15H15ClN4OS2. The van der Waals surface area contributed by atoms with Crippen molar-refractivity contribution in [3.8, 4) is 11.3 Å². The molecule has 0 unspecified atom stereocenters. The molecule has 8 heteroatoms. The van der Waals surface area contributed by atoms with E-state index >= 15 is 0 Å². The number of hydrogen-bond acceptors (Lipinski definition) is 7. The molecule has 2 aromatic heterocycles.